The fourth-order valence-electron chi connectivity index (χ4n) is 2.31. The van der Waals surface area contributed by atoms with Gasteiger partial charge in [-0.15, -0.1) is 12.4 Å². The fraction of sp³-hybridized carbons (Fsp3) is 0.500. The van der Waals surface area contributed by atoms with Gasteiger partial charge in [-0.25, -0.2) is 0 Å². The first-order valence-corrected chi connectivity index (χ1v) is 7.33. The highest BCUT2D eigenvalue weighted by Crippen LogP contribution is 2.30. The molecule has 0 atom stereocenters. The first kappa shape index (κ1) is 18.5. The van der Waals surface area contributed by atoms with Gasteiger partial charge < -0.3 is 15.8 Å². The van der Waals surface area contributed by atoms with Gasteiger partial charge in [0.05, 0.1) is 5.41 Å². The van der Waals surface area contributed by atoms with Crippen molar-refractivity contribution < 1.29 is 9.53 Å². The monoisotopic (exact) mass is 352 g/mol. The number of hydrogen-bond acceptors (Lipinski definition) is 3. The van der Waals surface area contributed by atoms with E-state index in [9.17, 15) is 4.79 Å². The number of nitrogens with two attached hydrogens (primary N) is 1. The Morgan fingerprint density at radius 2 is 2.00 bits per heavy atom. The Balaban J connectivity index is 0.00000220. The van der Waals surface area contributed by atoms with Crippen LogP contribution in [0.2, 0.25) is 10.0 Å². The summed E-state index contributed by atoms with van der Waals surface area (Å²) in [5.41, 5.74) is 6.12. The molecule has 1 amide bonds. The molecule has 1 aromatic rings. The Kier molecular flexibility index (Phi) is 7.24. The van der Waals surface area contributed by atoms with Crippen molar-refractivity contribution in [3.05, 3.63) is 33.8 Å². The second-order valence-corrected chi connectivity index (χ2v) is 5.86. The van der Waals surface area contributed by atoms with Gasteiger partial charge in [0.25, 0.3) is 0 Å². The summed E-state index contributed by atoms with van der Waals surface area (Å²) in [4.78, 5) is 12.4. The lowest BCUT2D eigenvalue weighted by Crippen LogP contribution is -2.49. The van der Waals surface area contributed by atoms with E-state index in [1.807, 2.05) is 6.07 Å². The molecule has 0 unspecified atom stereocenters. The topological polar surface area (TPSA) is 64.4 Å². The smallest absolute Gasteiger partial charge is 0.227 e. The predicted octanol–water partition coefficient (Wildman–Crippen LogP) is 2.79. The van der Waals surface area contributed by atoms with E-state index >= 15 is 0 Å². The average Bonchev–Trinajstić information content (AvgIpc) is 2.46. The van der Waals surface area contributed by atoms with Gasteiger partial charge in [-0.05, 0) is 30.5 Å². The lowest BCUT2D eigenvalue weighted by molar-refractivity contribution is -0.136. The SMILES string of the molecule is Cl.NCC1(C(=O)NCc2ccc(Cl)cc2Cl)CCOCC1. The maximum Gasteiger partial charge on any atom is 0.227 e. The molecule has 1 fully saturated rings. The first-order chi connectivity index (χ1) is 9.57. The van der Waals surface area contributed by atoms with Crippen molar-refractivity contribution in [1.82, 2.24) is 5.32 Å². The second-order valence-electron chi connectivity index (χ2n) is 5.02. The van der Waals surface area contributed by atoms with Crippen LogP contribution in [0.4, 0.5) is 0 Å². The highest BCUT2D eigenvalue weighted by atomic mass is 35.5. The third-order valence-corrected chi connectivity index (χ3v) is 4.36. The van der Waals surface area contributed by atoms with Crippen LogP contribution in [0.5, 0.6) is 0 Å². The van der Waals surface area contributed by atoms with Gasteiger partial charge in [-0.1, -0.05) is 29.3 Å². The van der Waals surface area contributed by atoms with E-state index in [-0.39, 0.29) is 18.3 Å². The van der Waals surface area contributed by atoms with Crippen molar-refractivity contribution in [3.63, 3.8) is 0 Å². The third kappa shape index (κ3) is 4.47. The molecule has 118 valence electrons. The van der Waals surface area contributed by atoms with Crippen LogP contribution >= 0.6 is 35.6 Å². The number of nitrogens with one attached hydrogen (secondary N) is 1. The quantitative estimate of drug-likeness (QED) is 0.875. The third-order valence-electron chi connectivity index (χ3n) is 3.78. The van der Waals surface area contributed by atoms with Crippen LogP contribution in [-0.2, 0) is 16.1 Å². The van der Waals surface area contributed by atoms with E-state index < -0.39 is 5.41 Å². The molecule has 0 bridgehead atoms. The number of amides is 1. The summed E-state index contributed by atoms with van der Waals surface area (Å²) in [6.45, 7) is 1.85. The number of halogens is 3. The van der Waals surface area contributed by atoms with Crippen LogP contribution in [0.15, 0.2) is 18.2 Å². The maximum absolute atomic E-state index is 12.4. The van der Waals surface area contributed by atoms with Crippen LogP contribution in [0, 0.1) is 5.41 Å². The van der Waals surface area contributed by atoms with Crippen LogP contribution in [0.25, 0.3) is 0 Å². The summed E-state index contributed by atoms with van der Waals surface area (Å²) in [6.07, 6.45) is 1.31. The van der Waals surface area contributed by atoms with Gasteiger partial charge in [0.15, 0.2) is 0 Å². The van der Waals surface area contributed by atoms with Crippen LogP contribution in [0.3, 0.4) is 0 Å². The molecule has 0 aromatic heterocycles. The fourth-order valence-corrected chi connectivity index (χ4v) is 2.79. The number of hydrogen-bond donors (Lipinski definition) is 2. The summed E-state index contributed by atoms with van der Waals surface area (Å²) in [5.74, 6) is -0.0330. The minimum atomic E-state index is -0.517. The number of ether oxygens (including phenoxy) is 1. The van der Waals surface area contributed by atoms with Crippen LogP contribution in [-0.4, -0.2) is 25.7 Å². The zero-order valence-corrected chi connectivity index (χ0v) is 13.9. The number of rotatable bonds is 4. The van der Waals surface area contributed by atoms with Crippen molar-refractivity contribution in [1.29, 1.82) is 0 Å². The molecule has 2 rings (SSSR count). The van der Waals surface area contributed by atoms with Crippen molar-refractivity contribution in [3.8, 4) is 0 Å². The normalized spacial score (nSPS) is 16.9. The van der Waals surface area contributed by atoms with Crippen LogP contribution in [0.1, 0.15) is 18.4 Å². The minimum absolute atomic E-state index is 0. The van der Waals surface area contributed by atoms with Gasteiger partial charge in [-0.2, -0.15) is 0 Å². The largest absolute Gasteiger partial charge is 0.381 e. The molecular weight excluding hydrogens is 335 g/mol. The average molecular weight is 354 g/mol. The van der Waals surface area contributed by atoms with E-state index in [4.69, 9.17) is 33.7 Å². The number of benzene rings is 1. The number of carbonyl (C=O) groups is 1. The van der Waals surface area contributed by atoms with Crippen molar-refractivity contribution in [2.45, 2.75) is 19.4 Å². The van der Waals surface area contributed by atoms with E-state index in [2.05, 4.69) is 5.32 Å². The molecule has 0 aliphatic carbocycles. The zero-order chi connectivity index (χ0) is 14.6. The molecule has 1 heterocycles. The van der Waals surface area contributed by atoms with Gasteiger partial charge in [0, 0.05) is 36.3 Å². The maximum atomic E-state index is 12.4. The molecule has 4 nitrogen and oxygen atoms in total. The summed E-state index contributed by atoms with van der Waals surface area (Å²) in [5, 5.41) is 4.04. The molecule has 0 spiro atoms. The summed E-state index contributed by atoms with van der Waals surface area (Å²) in [7, 11) is 0. The molecule has 3 N–H and O–H groups in total. The van der Waals surface area contributed by atoms with E-state index in [1.165, 1.54) is 0 Å². The standard InChI is InChI=1S/C14H18Cl2N2O2.ClH/c15-11-2-1-10(12(16)7-11)8-18-13(19)14(9-17)3-5-20-6-4-14;/h1-2,7H,3-6,8-9,17H2,(H,18,19);1H. The van der Waals surface area contributed by atoms with Crippen molar-refractivity contribution in [2.24, 2.45) is 11.1 Å². The Morgan fingerprint density at radius 3 is 2.57 bits per heavy atom. The summed E-state index contributed by atoms with van der Waals surface area (Å²) in [6, 6.07) is 5.23. The molecule has 0 saturated carbocycles. The van der Waals surface area contributed by atoms with E-state index in [1.54, 1.807) is 12.1 Å². The van der Waals surface area contributed by atoms with Crippen molar-refractivity contribution >= 4 is 41.5 Å². The first-order valence-electron chi connectivity index (χ1n) is 6.57. The molecule has 1 aliphatic rings. The zero-order valence-electron chi connectivity index (χ0n) is 11.5. The van der Waals surface area contributed by atoms with Gasteiger partial charge >= 0.3 is 0 Å². The van der Waals surface area contributed by atoms with Crippen molar-refractivity contribution in [2.75, 3.05) is 19.8 Å². The number of carbonyl (C=O) groups excluding carboxylic acids is 1. The van der Waals surface area contributed by atoms with Gasteiger partial charge in [0.2, 0.25) is 5.91 Å². The van der Waals surface area contributed by atoms with Gasteiger partial charge in [-0.3, -0.25) is 4.79 Å². The lowest BCUT2D eigenvalue weighted by atomic mass is 9.79. The highest BCUT2D eigenvalue weighted by molar-refractivity contribution is 6.35. The van der Waals surface area contributed by atoms with E-state index in [0.29, 0.717) is 49.2 Å². The Morgan fingerprint density at radius 1 is 1.33 bits per heavy atom. The van der Waals surface area contributed by atoms with E-state index in [0.717, 1.165) is 5.56 Å². The van der Waals surface area contributed by atoms with Gasteiger partial charge in [0.1, 0.15) is 0 Å². The Labute approximate surface area is 140 Å². The summed E-state index contributed by atoms with van der Waals surface area (Å²) < 4.78 is 5.30. The highest BCUT2D eigenvalue weighted by Gasteiger charge is 2.38. The predicted molar refractivity (Wildman–Crippen MR) is 87.1 cm³/mol. The Hall–Kier alpha value is -0.520. The molecule has 0 radical (unpaired) electrons. The molecule has 1 saturated heterocycles. The summed E-state index contributed by atoms with van der Waals surface area (Å²) >= 11 is 11.9. The minimum Gasteiger partial charge on any atom is -0.381 e. The second kappa shape index (κ2) is 8.20. The lowest BCUT2D eigenvalue weighted by Gasteiger charge is -2.34. The molecule has 1 aliphatic heterocycles. The molecule has 1 aromatic carbocycles. The molecular formula is C14H19Cl3N2O2. The molecule has 21 heavy (non-hydrogen) atoms. The molecule has 7 heteroatoms. The Bertz CT molecular complexity index is 491. The van der Waals surface area contributed by atoms with Crippen LogP contribution < -0.4 is 11.1 Å².